The molecule has 0 fully saturated rings. The van der Waals surface area contributed by atoms with E-state index in [2.05, 4.69) is 46.5 Å². The van der Waals surface area contributed by atoms with Crippen molar-refractivity contribution in [1.82, 2.24) is 15.3 Å². The average Bonchev–Trinajstić information content (AvgIpc) is 2.31. The van der Waals surface area contributed by atoms with Crippen molar-refractivity contribution in [2.75, 3.05) is 7.05 Å². The maximum Gasteiger partial charge on any atom is 0.115 e. The molecule has 0 amide bonds. The molecular formula is C13H15N3. The van der Waals surface area contributed by atoms with E-state index in [4.69, 9.17) is 0 Å². The highest BCUT2D eigenvalue weighted by Gasteiger charge is 2.11. The number of nitrogens with one attached hydrogen (secondary N) is 1. The average molecular weight is 213 g/mol. The fraction of sp³-hybridized carbons (Fsp3) is 0.231. The van der Waals surface area contributed by atoms with E-state index in [9.17, 15) is 0 Å². The Balaban J connectivity index is 2.37. The molecule has 0 saturated carbocycles. The molecule has 1 unspecified atom stereocenters. The van der Waals surface area contributed by atoms with Crippen molar-refractivity contribution in [1.29, 1.82) is 0 Å². The van der Waals surface area contributed by atoms with Crippen molar-refractivity contribution in [3.63, 3.8) is 0 Å². The van der Waals surface area contributed by atoms with Gasteiger partial charge in [-0.2, -0.15) is 0 Å². The van der Waals surface area contributed by atoms with E-state index >= 15 is 0 Å². The normalized spacial score (nSPS) is 12.4. The lowest BCUT2D eigenvalue weighted by molar-refractivity contribution is 0.684. The van der Waals surface area contributed by atoms with E-state index in [-0.39, 0.29) is 6.04 Å². The van der Waals surface area contributed by atoms with Crippen LogP contribution < -0.4 is 5.32 Å². The third-order valence-corrected chi connectivity index (χ3v) is 2.58. The van der Waals surface area contributed by atoms with Gasteiger partial charge >= 0.3 is 0 Å². The molecule has 0 saturated heterocycles. The summed E-state index contributed by atoms with van der Waals surface area (Å²) < 4.78 is 0. The van der Waals surface area contributed by atoms with Gasteiger partial charge in [-0.3, -0.25) is 0 Å². The van der Waals surface area contributed by atoms with Crippen LogP contribution in [0.15, 0.2) is 43.0 Å². The van der Waals surface area contributed by atoms with Crippen LogP contribution in [0.3, 0.4) is 0 Å². The Hall–Kier alpha value is -1.74. The second-order valence-corrected chi connectivity index (χ2v) is 3.81. The Morgan fingerprint density at radius 3 is 2.50 bits per heavy atom. The van der Waals surface area contributed by atoms with Gasteiger partial charge in [0, 0.05) is 18.0 Å². The molecule has 1 N–H and O–H groups in total. The van der Waals surface area contributed by atoms with Crippen LogP contribution in [0.4, 0.5) is 0 Å². The second kappa shape index (κ2) is 4.86. The van der Waals surface area contributed by atoms with Gasteiger partial charge in [-0.05, 0) is 19.5 Å². The minimum Gasteiger partial charge on any atom is -0.309 e. The zero-order valence-electron chi connectivity index (χ0n) is 9.51. The van der Waals surface area contributed by atoms with Crippen molar-refractivity contribution in [3.8, 4) is 0 Å². The second-order valence-electron chi connectivity index (χ2n) is 3.81. The van der Waals surface area contributed by atoms with Crippen molar-refractivity contribution >= 4 is 0 Å². The number of hydrogen-bond acceptors (Lipinski definition) is 3. The number of hydrogen-bond donors (Lipinski definition) is 1. The van der Waals surface area contributed by atoms with Gasteiger partial charge in [0.25, 0.3) is 0 Å². The van der Waals surface area contributed by atoms with E-state index in [0.29, 0.717) is 0 Å². The van der Waals surface area contributed by atoms with Crippen molar-refractivity contribution in [2.24, 2.45) is 0 Å². The van der Waals surface area contributed by atoms with Gasteiger partial charge < -0.3 is 5.32 Å². The lowest BCUT2D eigenvalue weighted by Crippen LogP contribution is -2.18. The minimum absolute atomic E-state index is 0.154. The Morgan fingerprint density at radius 2 is 1.88 bits per heavy atom. The topological polar surface area (TPSA) is 37.8 Å². The molecule has 1 heterocycles. The monoisotopic (exact) mass is 213 g/mol. The Morgan fingerprint density at radius 1 is 1.12 bits per heavy atom. The highest BCUT2D eigenvalue weighted by Crippen LogP contribution is 2.20. The smallest absolute Gasteiger partial charge is 0.115 e. The quantitative estimate of drug-likeness (QED) is 0.848. The first-order valence-electron chi connectivity index (χ1n) is 5.30. The van der Waals surface area contributed by atoms with E-state index < -0.39 is 0 Å². The van der Waals surface area contributed by atoms with Crippen LogP contribution in [0.1, 0.15) is 22.7 Å². The highest BCUT2D eigenvalue weighted by atomic mass is 14.9. The van der Waals surface area contributed by atoms with Crippen LogP contribution >= 0.6 is 0 Å². The van der Waals surface area contributed by atoms with Gasteiger partial charge in [-0.25, -0.2) is 9.97 Å². The molecule has 0 aliphatic heterocycles. The van der Waals surface area contributed by atoms with Crippen LogP contribution in [0, 0.1) is 6.92 Å². The van der Waals surface area contributed by atoms with Crippen molar-refractivity contribution < 1.29 is 0 Å². The summed E-state index contributed by atoms with van der Waals surface area (Å²) in [6, 6.07) is 8.60. The van der Waals surface area contributed by atoms with E-state index in [1.54, 1.807) is 6.33 Å². The zero-order valence-corrected chi connectivity index (χ0v) is 9.51. The van der Waals surface area contributed by atoms with Gasteiger partial charge in [0.15, 0.2) is 0 Å². The molecule has 0 spiro atoms. The van der Waals surface area contributed by atoms with Gasteiger partial charge in [0.05, 0.1) is 6.04 Å². The molecule has 1 atom stereocenters. The van der Waals surface area contributed by atoms with E-state index in [1.807, 2.05) is 19.4 Å². The van der Waals surface area contributed by atoms with Crippen LogP contribution in [0.25, 0.3) is 0 Å². The maximum absolute atomic E-state index is 4.05. The third kappa shape index (κ3) is 2.25. The van der Waals surface area contributed by atoms with Crippen LogP contribution in [-0.2, 0) is 0 Å². The molecule has 1 aromatic carbocycles. The first kappa shape index (κ1) is 10.8. The minimum atomic E-state index is 0.154. The SMILES string of the molecule is CNC(c1cncnc1)c1cccc(C)c1. The molecule has 0 radical (unpaired) electrons. The highest BCUT2D eigenvalue weighted by molar-refractivity contribution is 5.31. The van der Waals surface area contributed by atoms with Gasteiger partial charge in [-0.15, -0.1) is 0 Å². The molecule has 1 aromatic heterocycles. The fourth-order valence-electron chi connectivity index (χ4n) is 1.84. The predicted octanol–water partition coefficient (Wildman–Crippen LogP) is 2.09. The fourth-order valence-corrected chi connectivity index (χ4v) is 1.84. The molecule has 3 heteroatoms. The van der Waals surface area contributed by atoms with Crippen molar-refractivity contribution in [3.05, 3.63) is 59.7 Å². The molecule has 0 aliphatic rings. The van der Waals surface area contributed by atoms with E-state index in [0.717, 1.165) is 5.56 Å². The molecule has 3 nitrogen and oxygen atoms in total. The Bertz CT molecular complexity index is 454. The summed E-state index contributed by atoms with van der Waals surface area (Å²) in [4.78, 5) is 8.10. The molecule has 82 valence electrons. The largest absolute Gasteiger partial charge is 0.309 e. The number of benzene rings is 1. The van der Waals surface area contributed by atoms with Gasteiger partial charge in [0.1, 0.15) is 6.33 Å². The summed E-state index contributed by atoms with van der Waals surface area (Å²) in [6.45, 7) is 2.09. The summed E-state index contributed by atoms with van der Waals surface area (Å²) in [5.41, 5.74) is 3.57. The van der Waals surface area contributed by atoms with Crippen LogP contribution in [0.2, 0.25) is 0 Å². The lowest BCUT2D eigenvalue weighted by Gasteiger charge is -2.16. The molecule has 0 aliphatic carbocycles. The summed E-state index contributed by atoms with van der Waals surface area (Å²) in [7, 11) is 1.94. The van der Waals surface area contributed by atoms with Crippen LogP contribution in [-0.4, -0.2) is 17.0 Å². The zero-order chi connectivity index (χ0) is 11.4. The first-order chi connectivity index (χ1) is 7.81. The molecule has 2 rings (SSSR count). The third-order valence-electron chi connectivity index (χ3n) is 2.58. The number of aromatic nitrogens is 2. The summed E-state index contributed by atoms with van der Waals surface area (Å²) in [6.07, 6.45) is 5.24. The molecular weight excluding hydrogens is 198 g/mol. The van der Waals surface area contributed by atoms with Gasteiger partial charge in [-0.1, -0.05) is 29.8 Å². The lowest BCUT2D eigenvalue weighted by atomic mass is 10.00. The van der Waals surface area contributed by atoms with Crippen LogP contribution in [0.5, 0.6) is 0 Å². The first-order valence-corrected chi connectivity index (χ1v) is 5.30. The number of nitrogens with zero attached hydrogens (tertiary/aromatic N) is 2. The standard InChI is InChI=1S/C13H15N3/c1-10-4-3-5-11(6-10)13(14-2)12-7-15-9-16-8-12/h3-9,13-14H,1-2H3. The maximum atomic E-state index is 4.05. The number of aryl methyl sites for hydroxylation is 1. The summed E-state index contributed by atoms with van der Waals surface area (Å²) in [5.74, 6) is 0. The molecule has 2 aromatic rings. The van der Waals surface area contributed by atoms with E-state index in [1.165, 1.54) is 11.1 Å². The van der Waals surface area contributed by atoms with Crippen molar-refractivity contribution in [2.45, 2.75) is 13.0 Å². The van der Waals surface area contributed by atoms with Gasteiger partial charge in [0.2, 0.25) is 0 Å². The Labute approximate surface area is 95.6 Å². The Kier molecular flexibility index (Phi) is 3.27. The summed E-state index contributed by atoms with van der Waals surface area (Å²) >= 11 is 0. The molecule has 16 heavy (non-hydrogen) atoms. The summed E-state index contributed by atoms with van der Waals surface area (Å²) in [5, 5.41) is 3.28. The molecule has 0 bridgehead atoms. The number of rotatable bonds is 3. The predicted molar refractivity (Wildman–Crippen MR) is 64.1 cm³/mol.